The summed E-state index contributed by atoms with van der Waals surface area (Å²) in [5, 5.41) is 0. The van der Waals surface area contributed by atoms with Gasteiger partial charge in [-0.15, -0.1) is 0 Å². The van der Waals surface area contributed by atoms with Gasteiger partial charge in [-0.2, -0.15) is 0 Å². The fourth-order valence-electron chi connectivity index (χ4n) is 18.7. The molecule has 8 fully saturated rings. The van der Waals surface area contributed by atoms with Gasteiger partial charge in [0, 0.05) is 39.5 Å². The number of rotatable bonds is 5. The Morgan fingerprint density at radius 2 is 0.984 bits per heavy atom. The van der Waals surface area contributed by atoms with Crippen molar-refractivity contribution < 1.29 is 0 Å². The normalized spacial score (nSPS) is 36.0. The van der Waals surface area contributed by atoms with Crippen molar-refractivity contribution in [1.29, 1.82) is 0 Å². The lowest BCUT2D eigenvalue weighted by Crippen LogP contribution is -2.67. The highest BCUT2D eigenvalue weighted by Gasteiger charge is 2.77. The van der Waals surface area contributed by atoms with Crippen LogP contribution in [0.5, 0.6) is 0 Å². The van der Waals surface area contributed by atoms with Crippen molar-refractivity contribution in [1.82, 2.24) is 0 Å². The first kappa shape index (κ1) is 34.5. The van der Waals surface area contributed by atoms with E-state index in [0.29, 0.717) is 10.8 Å². The third-order valence-electron chi connectivity index (χ3n) is 20.6. The van der Waals surface area contributed by atoms with Crippen LogP contribution in [0.1, 0.15) is 111 Å². The number of anilines is 6. The average molecular weight is 803 g/mol. The van der Waals surface area contributed by atoms with Crippen molar-refractivity contribution in [3.8, 4) is 0 Å². The van der Waals surface area contributed by atoms with E-state index in [-0.39, 0.29) is 12.1 Å². The van der Waals surface area contributed by atoms with Crippen LogP contribution in [0.3, 0.4) is 0 Å². The van der Waals surface area contributed by atoms with E-state index in [0.717, 1.165) is 40.9 Å². The summed E-state index contributed by atoms with van der Waals surface area (Å²) in [6.45, 7) is 4.99. The first-order chi connectivity index (χ1) is 30.3. The van der Waals surface area contributed by atoms with Crippen molar-refractivity contribution in [2.24, 2.45) is 40.9 Å². The van der Waals surface area contributed by atoms with Crippen LogP contribution in [-0.4, -0.2) is 6.71 Å². The van der Waals surface area contributed by atoms with Crippen LogP contribution in [0.2, 0.25) is 0 Å². The molecular formula is C59H55BN2. The summed E-state index contributed by atoms with van der Waals surface area (Å²) in [7, 11) is 0. The molecule has 0 aromatic heterocycles. The van der Waals surface area contributed by atoms with E-state index >= 15 is 0 Å². The van der Waals surface area contributed by atoms with Crippen molar-refractivity contribution in [3.05, 3.63) is 161 Å². The molecule has 6 bridgehead atoms. The Hall–Kier alpha value is -5.02. The van der Waals surface area contributed by atoms with Gasteiger partial charge < -0.3 is 9.80 Å². The van der Waals surface area contributed by atoms with Crippen LogP contribution < -0.4 is 26.2 Å². The van der Waals surface area contributed by atoms with Crippen LogP contribution in [0, 0.1) is 47.8 Å². The summed E-state index contributed by atoms with van der Waals surface area (Å²) < 4.78 is 0. The molecule has 5 unspecified atom stereocenters. The van der Waals surface area contributed by atoms with Gasteiger partial charge in [0.05, 0.1) is 0 Å². The number of hydrogen-bond donors (Lipinski definition) is 0. The molecule has 0 saturated heterocycles. The number of fused-ring (bicyclic) bond motifs is 1. The molecule has 6 aromatic rings. The lowest BCUT2D eigenvalue weighted by Gasteiger charge is -2.66. The maximum atomic E-state index is 2.67. The third kappa shape index (κ3) is 3.93. The molecule has 11 aliphatic rings. The molecule has 2 nitrogen and oxygen atoms in total. The van der Waals surface area contributed by atoms with Crippen LogP contribution in [-0.2, 0) is 16.2 Å². The number of hydrogen-bond acceptors (Lipinski definition) is 2. The zero-order valence-electron chi connectivity index (χ0n) is 36.3. The van der Waals surface area contributed by atoms with Gasteiger partial charge in [-0.3, -0.25) is 0 Å². The minimum Gasteiger partial charge on any atom is -0.311 e. The zero-order valence-corrected chi connectivity index (χ0v) is 36.3. The van der Waals surface area contributed by atoms with Crippen molar-refractivity contribution in [3.63, 3.8) is 0 Å². The maximum absolute atomic E-state index is 2.67. The predicted octanol–water partition coefficient (Wildman–Crippen LogP) is 12.3. The summed E-state index contributed by atoms with van der Waals surface area (Å²) in [5.74, 6) is 5.87. The third-order valence-corrected chi connectivity index (χ3v) is 20.6. The molecule has 3 aliphatic heterocycles. The van der Waals surface area contributed by atoms with E-state index in [1.54, 1.807) is 11.1 Å². The molecule has 0 amide bonds. The second-order valence-corrected chi connectivity index (χ2v) is 23.1. The van der Waals surface area contributed by atoms with Gasteiger partial charge in [0.2, 0.25) is 0 Å². The molecule has 6 aromatic carbocycles. The minimum absolute atomic E-state index is 0.155. The lowest BCUT2D eigenvalue weighted by atomic mass is 9.28. The highest BCUT2D eigenvalue weighted by molar-refractivity contribution is 7.01. The van der Waals surface area contributed by atoms with Crippen LogP contribution in [0.15, 0.2) is 127 Å². The monoisotopic (exact) mass is 802 g/mol. The van der Waals surface area contributed by atoms with Gasteiger partial charge in [-0.05, 0) is 235 Å². The Labute approximate surface area is 367 Å². The maximum Gasteiger partial charge on any atom is 0.252 e. The van der Waals surface area contributed by atoms with E-state index in [9.17, 15) is 0 Å². The Balaban J connectivity index is 0.900. The SMILES string of the molecule is Cc1cc2c3c(c1)N(c1ccc(C45CC6CC7C[C@H](C4)C76C5)cc1)c1cccc4c1B3c1c(cccc1C4(C)c1ccccc1)N2c1ccc(C23CC4CC(CC(C4)C2)C3)cc1. The van der Waals surface area contributed by atoms with Gasteiger partial charge in [0.1, 0.15) is 0 Å². The lowest BCUT2D eigenvalue weighted by molar-refractivity contribution is -0.175. The number of benzene rings is 6. The van der Waals surface area contributed by atoms with Crippen molar-refractivity contribution in [2.75, 3.05) is 9.80 Å². The Kier molecular flexibility index (Phi) is 6.22. The van der Waals surface area contributed by atoms with Gasteiger partial charge in [0.15, 0.2) is 0 Å². The van der Waals surface area contributed by atoms with E-state index in [1.807, 2.05) is 0 Å². The Morgan fingerprint density at radius 3 is 1.48 bits per heavy atom. The van der Waals surface area contributed by atoms with Gasteiger partial charge in [-0.25, -0.2) is 0 Å². The molecule has 17 rings (SSSR count). The zero-order chi connectivity index (χ0) is 40.5. The van der Waals surface area contributed by atoms with Gasteiger partial charge >= 0.3 is 0 Å². The fraction of sp³-hybridized carbons (Fsp3) is 0.390. The Morgan fingerprint density at radius 1 is 0.468 bits per heavy atom. The Bertz CT molecular complexity index is 2760. The smallest absolute Gasteiger partial charge is 0.252 e. The average Bonchev–Trinajstić information content (AvgIpc) is 3.78. The highest BCUT2D eigenvalue weighted by atomic mass is 15.2. The summed E-state index contributed by atoms with van der Waals surface area (Å²) >= 11 is 0. The second kappa shape index (κ2) is 11.2. The van der Waals surface area contributed by atoms with Gasteiger partial charge in [0.25, 0.3) is 6.71 Å². The van der Waals surface area contributed by atoms with E-state index in [4.69, 9.17) is 0 Å². The fourth-order valence-corrected chi connectivity index (χ4v) is 18.7. The van der Waals surface area contributed by atoms with E-state index < -0.39 is 0 Å². The molecule has 0 radical (unpaired) electrons. The molecule has 304 valence electrons. The standard InChI is InChI=1S/C59H55BN2/c1-35-22-51-55-52(23-35)62(46-20-16-41(17-21-46)58-32-43-27-42-28-44(33-58)59(42,43)34-58)50-13-7-11-48-54(50)60(55)53-47(56(48,2)39-8-4-3-5-9-39)10-6-12-49(53)61(51)45-18-14-40(15-19-45)57-29-36-24-37(30-57)26-38(25-36)31-57/h3-23,36-38,42-44H,24-34H2,1-2H3/t36?,37?,38?,42?,43-,44?,56?,57?,58?,59?/m1/s1. The molecule has 3 heterocycles. The van der Waals surface area contributed by atoms with Crippen LogP contribution >= 0.6 is 0 Å². The number of aryl methyl sites for hydroxylation is 1. The molecular weight excluding hydrogens is 747 g/mol. The quantitative estimate of drug-likeness (QED) is 0.160. The summed E-state index contributed by atoms with van der Waals surface area (Å²) in [6.07, 6.45) is 16.0. The predicted molar refractivity (Wildman–Crippen MR) is 255 cm³/mol. The molecule has 8 aliphatic carbocycles. The largest absolute Gasteiger partial charge is 0.311 e. The molecule has 3 heteroatoms. The number of nitrogens with zero attached hydrogens (tertiary/aromatic N) is 2. The topological polar surface area (TPSA) is 6.48 Å². The van der Waals surface area contributed by atoms with E-state index in [1.165, 1.54) is 143 Å². The first-order valence-corrected chi connectivity index (χ1v) is 24.6. The van der Waals surface area contributed by atoms with E-state index in [2.05, 4.69) is 151 Å². The molecule has 0 N–H and O–H groups in total. The van der Waals surface area contributed by atoms with Gasteiger partial charge in [-0.1, -0.05) is 78.9 Å². The summed E-state index contributed by atoms with van der Waals surface area (Å²) in [5.41, 5.74) is 22.4. The second-order valence-electron chi connectivity index (χ2n) is 23.1. The first-order valence-electron chi connectivity index (χ1n) is 24.6. The molecule has 8 saturated carbocycles. The van der Waals surface area contributed by atoms with Crippen LogP contribution in [0.25, 0.3) is 0 Å². The molecule has 1 spiro atoms. The highest BCUT2D eigenvalue weighted by Crippen LogP contribution is 2.84. The van der Waals surface area contributed by atoms with Crippen molar-refractivity contribution >= 4 is 57.2 Å². The van der Waals surface area contributed by atoms with Crippen molar-refractivity contribution in [2.45, 2.75) is 101 Å². The molecule has 62 heavy (non-hydrogen) atoms. The minimum atomic E-state index is -0.322. The molecule has 6 atom stereocenters. The summed E-state index contributed by atoms with van der Waals surface area (Å²) in [4.78, 5) is 5.34. The van der Waals surface area contributed by atoms with Crippen LogP contribution in [0.4, 0.5) is 34.1 Å². The summed E-state index contributed by atoms with van der Waals surface area (Å²) in [6, 6.07) is 51.2.